The van der Waals surface area contributed by atoms with Crippen LogP contribution >= 0.6 is 0 Å². The summed E-state index contributed by atoms with van der Waals surface area (Å²) in [5.74, 6) is 1.17. The van der Waals surface area contributed by atoms with Crippen molar-refractivity contribution in [1.29, 1.82) is 5.26 Å². The highest BCUT2D eigenvalue weighted by Crippen LogP contribution is 2.27. The molecule has 0 atom stereocenters. The minimum absolute atomic E-state index is 0.0213. The van der Waals surface area contributed by atoms with E-state index in [9.17, 15) is 5.26 Å². The highest BCUT2D eigenvalue weighted by Gasteiger charge is 2.14. The summed E-state index contributed by atoms with van der Waals surface area (Å²) in [5, 5.41) is 17.4. The number of nitrogens with zero attached hydrogens (tertiary/aromatic N) is 5. The van der Waals surface area contributed by atoms with Crippen LogP contribution in [0.1, 0.15) is 31.2 Å². The number of anilines is 2. The van der Waals surface area contributed by atoms with Crippen LogP contribution in [0.15, 0.2) is 28.7 Å². The summed E-state index contributed by atoms with van der Waals surface area (Å²) >= 11 is 0. The Kier molecular flexibility index (Phi) is 4.57. The van der Waals surface area contributed by atoms with Crippen LogP contribution in [-0.2, 0) is 6.42 Å². The predicted octanol–water partition coefficient (Wildman–Crippen LogP) is 2.57. The number of aromatic nitrogens is 4. The van der Waals surface area contributed by atoms with Gasteiger partial charge in [-0.3, -0.25) is 0 Å². The lowest BCUT2D eigenvalue weighted by Crippen LogP contribution is -2.04. The van der Waals surface area contributed by atoms with E-state index in [4.69, 9.17) is 15.9 Å². The number of hydrogen-bond acceptors (Lipinski definition) is 8. The minimum atomic E-state index is 0.0213. The summed E-state index contributed by atoms with van der Waals surface area (Å²) in [6.45, 7) is 2.11. The van der Waals surface area contributed by atoms with Gasteiger partial charge in [0.2, 0.25) is 17.7 Å². The fourth-order valence-electron chi connectivity index (χ4n) is 2.39. The van der Waals surface area contributed by atoms with Crippen LogP contribution in [0.2, 0.25) is 0 Å². The molecule has 0 saturated carbocycles. The first kappa shape index (κ1) is 16.4. The van der Waals surface area contributed by atoms with E-state index in [0.717, 1.165) is 24.8 Å². The monoisotopic (exact) mass is 335 g/mol. The largest absolute Gasteiger partial charge is 0.421 e. The van der Waals surface area contributed by atoms with Crippen LogP contribution in [0, 0.1) is 11.3 Å². The molecule has 126 valence electrons. The molecule has 0 aliphatic rings. The molecular weight excluding hydrogens is 318 g/mol. The molecule has 0 amide bonds. The summed E-state index contributed by atoms with van der Waals surface area (Å²) in [7, 11) is 0. The zero-order valence-corrected chi connectivity index (χ0v) is 13.7. The van der Waals surface area contributed by atoms with Gasteiger partial charge in [-0.1, -0.05) is 25.5 Å². The van der Waals surface area contributed by atoms with Gasteiger partial charge in [0, 0.05) is 17.5 Å². The van der Waals surface area contributed by atoms with E-state index in [1.807, 2.05) is 18.2 Å². The van der Waals surface area contributed by atoms with Crippen molar-refractivity contribution in [2.45, 2.75) is 26.2 Å². The van der Waals surface area contributed by atoms with Gasteiger partial charge in [-0.05, 0) is 18.6 Å². The number of aryl methyl sites for hydroxylation is 1. The molecule has 0 saturated heterocycles. The molecule has 3 aromatic rings. The van der Waals surface area contributed by atoms with Crippen LogP contribution in [0.4, 0.5) is 11.8 Å². The first-order valence-electron chi connectivity index (χ1n) is 7.88. The zero-order chi connectivity index (χ0) is 17.8. The lowest BCUT2D eigenvalue weighted by Gasteiger charge is -2.06. The third kappa shape index (κ3) is 3.40. The molecule has 4 N–H and O–H groups in total. The summed E-state index contributed by atoms with van der Waals surface area (Å²) < 4.78 is 5.66. The quantitative estimate of drug-likeness (QED) is 0.724. The zero-order valence-electron chi connectivity index (χ0n) is 13.7. The van der Waals surface area contributed by atoms with Gasteiger partial charge >= 0.3 is 0 Å². The Morgan fingerprint density at radius 3 is 2.48 bits per heavy atom. The van der Waals surface area contributed by atoms with Crippen LogP contribution < -0.4 is 11.5 Å². The second-order valence-electron chi connectivity index (χ2n) is 5.48. The highest BCUT2D eigenvalue weighted by molar-refractivity contribution is 5.74. The smallest absolute Gasteiger partial charge is 0.247 e. The van der Waals surface area contributed by atoms with E-state index in [1.165, 1.54) is 0 Å². The molecule has 1 aromatic carbocycles. The Balaban J connectivity index is 1.91. The number of nitriles is 1. The SMILES string of the molecule is CCCCc1nnc(-c2ccc(-c3nc(N)nc(N)c3C#N)cc2)o1. The van der Waals surface area contributed by atoms with Crippen molar-refractivity contribution in [3.8, 4) is 28.8 Å². The van der Waals surface area contributed by atoms with E-state index in [1.54, 1.807) is 12.1 Å². The van der Waals surface area contributed by atoms with E-state index in [-0.39, 0.29) is 17.3 Å². The van der Waals surface area contributed by atoms with Gasteiger partial charge in [-0.2, -0.15) is 10.2 Å². The normalized spacial score (nSPS) is 10.6. The van der Waals surface area contributed by atoms with Crippen molar-refractivity contribution in [3.05, 3.63) is 35.7 Å². The number of nitrogen functional groups attached to an aromatic ring is 2. The van der Waals surface area contributed by atoms with E-state index < -0.39 is 0 Å². The Morgan fingerprint density at radius 2 is 1.80 bits per heavy atom. The van der Waals surface area contributed by atoms with Gasteiger partial charge < -0.3 is 15.9 Å². The maximum Gasteiger partial charge on any atom is 0.247 e. The van der Waals surface area contributed by atoms with Crippen molar-refractivity contribution < 1.29 is 4.42 Å². The second-order valence-corrected chi connectivity index (χ2v) is 5.48. The third-order valence-electron chi connectivity index (χ3n) is 3.68. The Morgan fingerprint density at radius 1 is 1.08 bits per heavy atom. The molecule has 0 fully saturated rings. The average Bonchev–Trinajstić information content (AvgIpc) is 3.08. The fourth-order valence-corrected chi connectivity index (χ4v) is 2.39. The van der Waals surface area contributed by atoms with Gasteiger partial charge in [0.25, 0.3) is 0 Å². The number of rotatable bonds is 5. The van der Waals surface area contributed by atoms with Crippen LogP contribution in [-0.4, -0.2) is 20.2 Å². The average molecular weight is 335 g/mol. The summed E-state index contributed by atoms with van der Waals surface area (Å²) in [4.78, 5) is 7.94. The summed E-state index contributed by atoms with van der Waals surface area (Å²) in [6, 6.07) is 9.25. The Bertz CT molecular complexity index is 925. The standard InChI is InChI=1S/C17H17N7O/c1-2-3-4-13-23-24-16(25-13)11-7-5-10(6-8-11)14-12(9-18)15(19)22-17(20)21-14/h5-8H,2-4H2,1H3,(H4,19,20,21,22). The van der Waals surface area contributed by atoms with Crippen molar-refractivity contribution >= 4 is 11.8 Å². The lowest BCUT2D eigenvalue weighted by molar-refractivity contribution is 0.496. The number of benzene rings is 1. The van der Waals surface area contributed by atoms with E-state index >= 15 is 0 Å². The van der Waals surface area contributed by atoms with Gasteiger partial charge in [-0.25, -0.2) is 4.98 Å². The van der Waals surface area contributed by atoms with Crippen molar-refractivity contribution in [1.82, 2.24) is 20.2 Å². The maximum absolute atomic E-state index is 9.27. The molecule has 8 nitrogen and oxygen atoms in total. The molecule has 25 heavy (non-hydrogen) atoms. The van der Waals surface area contributed by atoms with Crippen LogP contribution in [0.3, 0.4) is 0 Å². The molecule has 0 radical (unpaired) electrons. The van der Waals surface area contributed by atoms with Gasteiger partial charge in [0.05, 0.1) is 5.69 Å². The van der Waals surface area contributed by atoms with E-state index in [0.29, 0.717) is 23.0 Å². The highest BCUT2D eigenvalue weighted by atomic mass is 16.4. The first-order valence-corrected chi connectivity index (χ1v) is 7.88. The molecule has 2 aromatic heterocycles. The summed E-state index contributed by atoms with van der Waals surface area (Å²) in [5.41, 5.74) is 13.5. The molecule has 0 unspecified atom stereocenters. The molecule has 0 bridgehead atoms. The molecule has 0 aliphatic carbocycles. The van der Waals surface area contributed by atoms with Crippen molar-refractivity contribution in [3.63, 3.8) is 0 Å². The molecule has 8 heteroatoms. The van der Waals surface area contributed by atoms with Gasteiger partial charge in [-0.15, -0.1) is 10.2 Å². The molecular formula is C17H17N7O. The molecule has 0 aliphatic heterocycles. The van der Waals surface area contributed by atoms with Crippen molar-refractivity contribution in [2.75, 3.05) is 11.5 Å². The fraction of sp³-hybridized carbons (Fsp3) is 0.235. The maximum atomic E-state index is 9.27. The molecule has 0 spiro atoms. The molecule has 3 rings (SSSR count). The Hall–Kier alpha value is -3.47. The number of hydrogen-bond donors (Lipinski definition) is 2. The third-order valence-corrected chi connectivity index (χ3v) is 3.68. The topological polar surface area (TPSA) is 141 Å². The minimum Gasteiger partial charge on any atom is -0.421 e. The van der Waals surface area contributed by atoms with Crippen LogP contribution in [0.5, 0.6) is 0 Å². The van der Waals surface area contributed by atoms with Crippen molar-refractivity contribution in [2.24, 2.45) is 0 Å². The predicted molar refractivity (Wildman–Crippen MR) is 92.9 cm³/mol. The second kappa shape index (κ2) is 6.97. The number of nitrogens with two attached hydrogens (primary N) is 2. The Labute approximate surface area is 144 Å². The molecule has 2 heterocycles. The van der Waals surface area contributed by atoms with Gasteiger partial charge in [0.1, 0.15) is 17.5 Å². The van der Waals surface area contributed by atoms with E-state index in [2.05, 4.69) is 27.1 Å². The van der Waals surface area contributed by atoms with Crippen LogP contribution in [0.25, 0.3) is 22.7 Å². The number of unbranched alkanes of at least 4 members (excludes halogenated alkanes) is 1. The lowest BCUT2D eigenvalue weighted by atomic mass is 10.1. The van der Waals surface area contributed by atoms with Gasteiger partial charge in [0.15, 0.2) is 0 Å². The first-order chi connectivity index (χ1) is 12.1. The summed E-state index contributed by atoms with van der Waals surface area (Å²) in [6.07, 6.45) is 2.85.